The monoisotopic (exact) mass is 660 g/mol. The number of unbranched alkanes of at least 4 members (excludes halogenated alkanes) is 19. The number of aromatic nitrogens is 2. The summed E-state index contributed by atoms with van der Waals surface area (Å²) in [7, 11) is -0.838. The fourth-order valence-corrected chi connectivity index (χ4v) is 7.53. The van der Waals surface area contributed by atoms with E-state index in [2.05, 4.69) is 16.4 Å². The van der Waals surface area contributed by atoms with Gasteiger partial charge in [0.1, 0.15) is 12.2 Å². The molecule has 1 fully saturated rings. The second kappa shape index (κ2) is 25.1. The Hall–Kier alpha value is -1.07. The van der Waals surface area contributed by atoms with E-state index in [1.54, 1.807) is 0 Å². The maximum Gasteiger partial charge on any atom is 0.624 e. The van der Waals surface area contributed by atoms with Crippen molar-refractivity contribution in [3.05, 3.63) is 33.1 Å². The lowest BCUT2D eigenvalue weighted by Gasteiger charge is -2.20. The first-order chi connectivity index (χ1) is 21.5. The first-order valence-electron chi connectivity index (χ1n) is 17.1. The lowest BCUT2D eigenvalue weighted by Crippen LogP contribution is -2.39. The third-order valence-electron chi connectivity index (χ3n) is 8.32. The van der Waals surface area contributed by atoms with Crippen LogP contribution in [0.2, 0.25) is 0 Å². The Balaban J connectivity index is 1.43. The van der Waals surface area contributed by atoms with Crippen LogP contribution >= 0.6 is 20.1 Å². The third kappa shape index (κ3) is 16.0. The summed E-state index contributed by atoms with van der Waals surface area (Å²) >= 11 is 1.36. The summed E-state index contributed by atoms with van der Waals surface area (Å²) in [5.41, 5.74) is -1.20. The van der Waals surface area contributed by atoms with Crippen LogP contribution in [0.1, 0.15) is 142 Å². The lowest BCUT2D eigenvalue weighted by atomic mass is 10.0. The maximum atomic E-state index is 12.6. The molecule has 1 aromatic heterocycles. The maximum absolute atomic E-state index is 12.6. The third-order valence-corrected chi connectivity index (χ3v) is 10.4. The number of ether oxygens (including phenoxy) is 2. The minimum absolute atomic E-state index is 0.408. The summed E-state index contributed by atoms with van der Waals surface area (Å²) < 4.78 is 33.5. The number of nitrogens with zero attached hydrogens (tertiary/aromatic N) is 1. The van der Waals surface area contributed by atoms with Crippen molar-refractivity contribution in [3.8, 4) is 0 Å². The number of aromatic amines is 1. The van der Waals surface area contributed by atoms with E-state index in [0.29, 0.717) is 0 Å². The van der Waals surface area contributed by atoms with E-state index < -0.39 is 50.6 Å². The van der Waals surface area contributed by atoms with Crippen molar-refractivity contribution in [2.45, 2.75) is 160 Å². The van der Waals surface area contributed by atoms with E-state index in [4.69, 9.17) is 14.0 Å². The molecule has 5 atom stereocenters. The van der Waals surface area contributed by atoms with Crippen molar-refractivity contribution in [1.82, 2.24) is 14.0 Å². The Kier molecular flexibility index (Phi) is 22.3. The van der Waals surface area contributed by atoms with Crippen LogP contribution in [-0.4, -0.2) is 52.4 Å². The first kappa shape index (κ1) is 39.1. The molecule has 10 nitrogen and oxygen atoms in total. The predicted octanol–water partition coefficient (Wildman–Crippen LogP) is 7.54. The molecule has 0 bridgehead atoms. The standard InChI is InChI=1S/C32H58N3O7PS/c1-3-4-5-6-7-8-9-10-11-12-13-14-15-16-17-18-19-20-21-22-25-44-34-43(39)42-29-27(26-36)41-31(30(29)40-2)35-24-23-28(37)33-32(35)38/h23-24,27,29-31,36H,3-22,25-26H2,1-2H3,(H-,33,34,37,38,39)/p+1. The van der Waals surface area contributed by atoms with Crippen molar-refractivity contribution >= 4 is 20.1 Å². The van der Waals surface area contributed by atoms with Crippen LogP contribution in [0, 0.1) is 0 Å². The smallest absolute Gasteiger partial charge is 0.394 e. The topological polar surface area (TPSA) is 132 Å². The largest absolute Gasteiger partial charge is 0.624 e. The summed E-state index contributed by atoms with van der Waals surface area (Å²) in [6.07, 6.45) is 24.8. The fraction of sp³-hybridized carbons (Fsp3) is 0.875. The summed E-state index contributed by atoms with van der Waals surface area (Å²) in [5, 5.41) is 9.78. The van der Waals surface area contributed by atoms with Gasteiger partial charge in [0.15, 0.2) is 12.3 Å². The molecule has 1 aliphatic rings. The zero-order valence-corrected chi connectivity index (χ0v) is 28.9. The molecule has 0 aromatic carbocycles. The van der Waals surface area contributed by atoms with Gasteiger partial charge in [-0.3, -0.25) is 14.3 Å². The van der Waals surface area contributed by atoms with Crippen LogP contribution in [0.15, 0.2) is 21.9 Å². The summed E-state index contributed by atoms with van der Waals surface area (Å²) in [6.45, 7) is 1.87. The molecule has 0 radical (unpaired) electrons. The van der Waals surface area contributed by atoms with Crippen LogP contribution in [0.25, 0.3) is 0 Å². The Labute approximate surface area is 269 Å². The molecule has 2 rings (SSSR count). The van der Waals surface area contributed by atoms with Crippen LogP contribution < -0.4 is 15.7 Å². The van der Waals surface area contributed by atoms with E-state index in [9.17, 15) is 19.3 Å². The molecule has 0 spiro atoms. The molecule has 1 saturated heterocycles. The van der Waals surface area contributed by atoms with Gasteiger partial charge in [-0.05, 0) is 27.4 Å². The fourth-order valence-electron chi connectivity index (χ4n) is 5.74. The van der Waals surface area contributed by atoms with Gasteiger partial charge < -0.3 is 14.6 Å². The number of rotatable bonds is 28. The van der Waals surface area contributed by atoms with Gasteiger partial charge in [-0.25, -0.2) is 4.79 Å². The molecule has 12 heteroatoms. The number of methoxy groups -OCH3 is 1. The number of hydrogen-bond donors (Lipinski definition) is 3. The molecule has 2 heterocycles. The minimum atomic E-state index is -2.26. The molecule has 254 valence electrons. The molecular formula is C32H59N3O7PS+. The van der Waals surface area contributed by atoms with Crippen molar-refractivity contribution in [1.29, 1.82) is 0 Å². The summed E-state index contributed by atoms with van der Waals surface area (Å²) in [4.78, 5) is 25.8. The van der Waals surface area contributed by atoms with Gasteiger partial charge in [-0.1, -0.05) is 129 Å². The van der Waals surface area contributed by atoms with Gasteiger partial charge in [-0.15, -0.1) is 4.52 Å². The number of aliphatic hydroxyl groups is 1. The van der Waals surface area contributed by atoms with E-state index in [1.807, 2.05) is 0 Å². The molecule has 0 amide bonds. The Morgan fingerprint density at radius 2 is 1.36 bits per heavy atom. The highest BCUT2D eigenvalue weighted by Gasteiger charge is 2.51. The highest BCUT2D eigenvalue weighted by Crippen LogP contribution is 2.37. The van der Waals surface area contributed by atoms with Crippen molar-refractivity contribution in [2.24, 2.45) is 0 Å². The van der Waals surface area contributed by atoms with Gasteiger partial charge in [0.25, 0.3) is 5.56 Å². The Morgan fingerprint density at radius 3 is 1.82 bits per heavy atom. The SMILES string of the molecule is CCCCCCCCCCCCCCCCCCCCCCSN[P+](=O)OC1C(CO)OC(n2ccc(=O)[nH]c2=O)C1OC. The normalized spacial score (nSPS) is 20.4. The molecule has 1 aliphatic heterocycles. The van der Waals surface area contributed by atoms with Crippen molar-refractivity contribution < 1.29 is 23.7 Å². The van der Waals surface area contributed by atoms with Gasteiger partial charge in [-0.2, -0.15) is 0 Å². The van der Waals surface area contributed by atoms with Crippen LogP contribution in [0.4, 0.5) is 0 Å². The lowest BCUT2D eigenvalue weighted by molar-refractivity contribution is -0.0625. The number of H-pyrrole nitrogens is 1. The number of hydrogen-bond acceptors (Lipinski definition) is 8. The average molecular weight is 661 g/mol. The zero-order chi connectivity index (χ0) is 31.8. The average Bonchev–Trinajstić information content (AvgIpc) is 3.36. The zero-order valence-electron chi connectivity index (χ0n) is 27.2. The van der Waals surface area contributed by atoms with E-state index in [-0.39, 0.29) is 0 Å². The quantitative estimate of drug-likeness (QED) is 0.0474. The number of nitrogens with one attached hydrogen (secondary N) is 2. The second-order valence-electron chi connectivity index (χ2n) is 11.9. The van der Waals surface area contributed by atoms with E-state index >= 15 is 0 Å². The Morgan fingerprint density at radius 1 is 0.864 bits per heavy atom. The van der Waals surface area contributed by atoms with Gasteiger partial charge in [0.2, 0.25) is 0 Å². The summed E-state index contributed by atoms with van der Waals surface area (Å²) in [6, 6.07) is 1.19. The van der Waals surface area contributed by atoms with Crippen LogP contribution in [0.3, 0.4) is 0 Å². The van der Waals surface area contributed by atoms with Gasteiger partial charge >= 0.3 is 13.9 Å². The Bertz CT molecular complexity index is 995. The second-order valence-corrected chi connectivity index (χ2v) is 14.1. The molecule has 5 unspecified atom stereocenters. The van der Waals surface area contributed by atoms with E-state index in [1.165, 1.54) is 147 Å². The van der Waals surface area contributed by atoms with Crippen LogP contribution in [-0.2, 0) is 18.6 Å². The van der Waals surface area contributed by atoms with Crippen molar-refractivity contribution in [3.63, 3.8) is 0 Å². The molecule has 1 aromatic rings. The molecule has 3 N–H and O–H groups in total. The van der Waals surface area contributed by atoms with E-state index in [0.717, 1.165) is 23.2 Å². The first-order valence-corrected chi connectivity index (χ1v) is 19.3. The summed E-state index contributed by atoms with van der Waals surface area (Å²) in [5.74, 6) is 0.817. The molecular weight excluding hydrogens is 601 g/mol. The van der Waals surface area contributed by atoms with Gasteiger partial charge in [0.05, 0.1) is 6.61 Å². The molecule has 0 aliphatic carbocycles. The highest BCUT2D eigenvalue weighted by atomic mass is 32.2. The van der Waals surface area contributed by atoms with Crippen molar-refractivity contribution in [2.75, 3.05) is 19.5 Å². The molecule has 0 saturated carbocycles. The number of aliphatic hydroxyl groups excluding tert-OH is 1. The predicted molar refractivity (Wildman–Crippen MR) is 179 cm³/mol. The molecule has 44 heavy (non-hydrogen) atoms. The van der Waals surface area contributed by atoms with Crippen LogP contribution in [0.5, 0.6) is 0 Å². The highest BCUT2D eigenvalue weighted by molar-refractivity contribution is 8.00. The minimum Gasteiger partial charge on any atom is -0.394 e. The van der Waals surface area contributed by atoms with Gasteiger partial charge in [0, 0.05) is 25.1 Å².